The molecule has 1 aliphatic heterocycles. The van der Waals surface area contributed by atoms with Crippen molar-refractivity contribution in [3.63, 3.8) is 0 Å². The number of likely N-dealkylation sites (tertiary alicyclic amines) is 1. The maximum Gasteiger partial charge on any atom is 0.435 e. The molecule has 1 aliphatic rings. The first kappa shape index (κ1) is 19.9. The quantitative estimate of drug-likeness (QED) is 0.848. The summed E-state index contributed by atoms with van der Waals surface area (Å²) in [7, 11) is 0. The Morgan fingerprint density at radius 2 is 1.71 bits per heavy atom. The zero-order chi connectivity index (χ0) is 20.1. The van der Waals surface area contributed by atoms with E-state index in [1.165, 1.54) is 0 Å². The first-order chi connectivity index (χ1) is 13.3. The van der Waals surface area contributed by atoms with E-state index in [0.29, 0.717) is 5.56 Å². The van der Waals surface area contributed by atoms with Crippen molar-refractivity contribution in [3.05, 3.63) is 53.3 Å². The number of amides is 2. The molecule has 2 aromatic rings. The van der Waals surface area contributed by atoms with Gasteiger partial charge in [0.25, 0.3) is 5.91 Å². The maximum atomic E-state index is 12.5. The van der Waals surface area contributed by atoms with Crippen LogP contribution in [0.25, 0.3) is 0 Å². The van der Waals surface area contributed by atoms with Gasteiger partial charge in [0.2, 0.25) is 5.91 Å². The second-order valence-corrected chi connectivity index (χ2v) is 6.72. The van der Waals surface area contributed by atoms with Crippen molar-refractivity contribution in [2.45, 2.75) is 38.5 Å². The number of carbonyl (C=O) groups excluding carboxylic acids is 2. The lowest BCUT2D eigenvalue weighted by atomic mass is 10.1. The molecule has 0 spiro atoms. The Bertz CT molecular complexity index is 824. The summed E-state index contributed by atoms with van der Waals surface area (Å²) in [5.41, 5.74) is 0.363. The fourth-order valence-electron chi connectivity index (χ4n) is 3.05. The van der Waals surface area contributed by atoms with Gasteiger partial charge >= 0.3 is 6.18 Å². The Labute approximate surface area is 160 Å². The lowest BCUT2D eigenvalue weighted by Gasteiger charge is -2.26. The molecule has 0 unspecified atom stereocenters. The minimum atomic E-state index is -4.53. The second kappa shape index (κ2) is 8.45. The monoisotopic (exact) mass is 394 g/mol. The molecule has 0 atom stereocenters. The van der Waals surface area contributed by atoms with Crippen molar-refractivity contribution in [1.82, 2.24) is 20.0 Å². The van der Waals surface area contributed by atoms with Crippen LogP contribution in [0.4, 0.5) is 13.2 Å². The molecule has 0 bridgehead atoms. The molecule has 6 nitrogen and oxygen atoms in total. The van der Waals surface area contributed by atoms with Gasteiger partial charge in [0.05, 0.1) is 0 Å². The van der Waals surface area contributed by atoms with Crippen LogP contribution in [0.15, 0.2) is 36.5 Å². The summed E-state index contributed by atoms with van der Waals surface area (Å²) in [5, 5.41) is 5.97. The number of benzene rings is 1. The normalized spacial score (nSPS) is 14.8. The summed E-state index contributed by atoms with van der Waals surface area (Å²) in [6.07, 6.45) is -0.218. The third kappa shape index (κ3) is 5.11. The summed E-state index contributed by atoms with van der Waals surface area (Å²) < 4.78 is 38.5. The van der Waals surface area contributed by atoms with E-state index >= 15 is 0 Å². The minimum Gasteiger partial charge on any atom is -0.350 e. The molecule has 1 saturated heterocycles. The van der Waals surface area contributed by atoms with Gasteiger partial charge in [0.15, 0.2) is 5.69 Å². The highest BCUT2D eigenvalue weighted by Gasteiger charge is 2.33. The van der Waals surface area contributed by atoms with Crippen molar-refractivity contribution in [1.29, 1.82) is 0 Å². The van der Waals surface area contributed by atoms with Crippen molar-refractivity contribution in [2.24, 2.45) is 0 Å². The van der Waals surface area contributed by atoms with Crippen LogP contribution in [-0.2, 0) is 24.1 Å². The Morgan fingerprint density at radius 1 is 1.04 bits per heavy atom. The van der Waals surface area contributed by atoms with E-state index in [0.717, 1.165) is 54.9 Å². The number of nitrogens with zero attached hydrogens (tertiary/aromatic N) is 3. The van der Waals surface area contributed by atoms with E-state index in [2.05, 4.69) is 10.4 Å². The predicted octanol–water partition coefficient (Wildman–Crippen LogP) is 2.84. The predicted molar refractivity (Wildman–Crippen MR) is 95.3 cm³/mol. The zero-order valence-corrected chi connectivity index (χ0v) is 15.2. The van der Waals surface area contributed by atoms with Gasteiger partial charge in [-0.2, -0.15) is 18.3 Å². The Morgan fingerprint density at radius 3 is 2.32 bits per heavy atom. The van der Waals surface area contributed by atoms with E-state index in [1.54, 1.807) is 24.3 Å². The summed E-state index contributed by atoms with van der Waals surface area (Å²) >= 11 is 0. The molecular weight excluding hydrogens is 373 g/mol. The molecule has 28 heavy (non-hydrogen) atoms. The summed E-state index contributed by atoms with van der Waals surface area (Å²) in [5.74, 6) is -0.445. The number of alkyl halides is 3. The summed E-state index contributed by atoms with van der Waals surface area (Å²) in [6, 6.07) is 7.79. The highest BCUT2D eigenvalue weighted by Crippen LogP contribution is 2.27. The van der Waals surface area contributed by atoms with Crippen molar-refractivity contribution in [3.8, 4) is 0 Å². The minimum absolute atomic E-state index is 0.00874. The summed E-state index contributed by atoms with van der Waals surface area (Å²) in [6.45, 7) is 1.46. The highest BCUT2D eigenvalue weighted by molar-refractivity contribution is 5.94. The number of rotatable bonds is 5. The molecule has 0 saturated carbocycles. The molecule has 150 valence electrons. The first-order valence-corrected chi connectivity index (χ1v) is 9.08. The third-order valence-corrected chi connectivity index (χ3v) is 4.57. The molecule has 1 fully saturated rings. The van der Waals surface area contributed by atoms with Gasteiger partial charge in [-0.15, -0.1) is 0 Å². The average Bonchev–Trinajstić information content (AvgIpc) is 3.16. The van der Waals surface area contributed by atoms with E-state index in [9.17, 15) is 22.8 Å². The first-order valence-electron chi connectivity index (χ1n) is 9.08. The van der Waals surface area contributed by atoms with Gasteiger partial charge in [-0.25, -0.2) is 0 Å². The fraction of sp³-hybridized carbons (Fsp3) is 0.421. The second-order valence-electron chi connectivity index (χ2n) is 6.72. The van der Waals surface area contributed by atoms with Crippen LogP contribution in [0.3, 0.4) is 0 Å². The standard InChI is InChI=1S/C19H21F3N4O2/c20-19(21,22)16-8-11-26(24-16)13-17(27)23-12-14-4-6-15(7-5-14)18(28)25-9-2-1-3-10-25/h4-8,11H,1-3,9-10,12-13H2,(H,23,27). The van der Waals surface area contributed by atoms with Gasteiger partial charge in [0.1, 0.15) is 6.54 Å². The zero-order valence-electron chi connectivity index (χ0n) is 15.2. The third-order valence-electron chi connectivity index (χ3n) is 4.57. The van der Waals surface area contributed by atoms with Crippen LogP contribution < -0.4 is 5.32 Å². The number of halogens is 3. The molecule has 0 radical (unpaired) electrons. The molecule has 1 aromatic carbocycles. The van der Waals surface area contributed by atoms with Crippen molar-refractivity contribution >= 4 is 11.8 Å². The van der Waals surface area contributed by atoms with Gasteiger partial charge < -0.3 is 10.2 Å². The lowest BCUT2D eigenvalue weighted by Crippen LogP contribution is -2.35. The number of nitrogens with one attached hydrogen (secondary N) is 1. The Balaban J connectivity index is 1.49. The van der Waals surface area contributed by atoms with Gasteiger partial charge in [0, 0.05) is 31.4 Å². The molecule has 0 aliphatic carbocycles. The lowest BCUT2D eigenvalue weighted by molar-refractivity contribution is -0.141. The van der Waals surface area contributed by atoms with E-state index < -0.39 is 17.8 Å². The van der Waals surface area contributed by atoms with Crippen LogP contribution in [-0.4, -0.2) is 39.6 Å². The average molecular weight is 394 g/mol. The van der Waals surface area contributed by atoms with Gasteiger partial charge in [-0.3, -0.25) is 14.3 Å². The highest BCUT2D eigenvalue weighted by atomic mass is 19.4. The molecular formula is C19H21F3N4O2. The van der Waals surface area contributed by atoms with E-state index in [4.69, 9.17) is 0 Å². The van der Waals surface area contributed by atoms with Crippen LogP contribution >= 0.6 is 0 Å². The van der Waals surface area contributed by atoms with Gasteiger partial charge in [-0.1, -0.05) is 12.1 Å². The van der Waals surface area contributed by atoms with Gasteiger partial charge in [-0.05, 0) is 43.0 Å². The smallest absolute Gasteiger partial charge is 0.350 e. The van der Waals surface area contributed by atoms with Crippen LogP contribution in [0.5, 0.6) is 0 Å². The van der Waals surface area contributed by atoms with E-state index in [-0.39, 0.29) is 19.0 Å². The number of hydrogen-bond acceptors (Lipinski definition) is 3. The molecule has 1 N–H and O–H groups in total. The Hall–Kier alpha value is -2.84. The maximum absolute atomic E-state index is 12.5. The van der Waals surface area contributed by atoms with Crippen molar-refractivity contribution in [2.75, 3.05) is 13.1 Å². The SMILES string of the molecule is O=C(Cn1ccc(C(F)(F)F)n1)NCc1ccc(C(=O)N2CCCCC2)cc1. The molecule has 9 heteroatoms. The number of aromatic nitrogens is 2. The Kier molecular flexibility index (Phi) is 6.01. The largest absolute Gasteiger partial charge is 0.435 e. The number of hydrogen-bond donors (Lipinski definition) is 1. The van der Waals surface area contributed by atoms with Crippen LogP contribution in [0.2, 0.25) is 0 Å². The van der Waals surface area contributed by atoms with E-state index in [1.807, 2.05) is 4.90 Å². The van der Waals surface area contributed by atoms with Crippen molar-refractivity contribution < 1.29 is 22.8 Å². The number of piperidine rings is 1. The molecule has 3 rings (SSSR count). The topological polar surface area (TPSA) is 67.2 Å². The molecule has 2 amide bonds. The molecule has 2 heterocycles. The fourth-order valence-corrected chi connectivity index (χ4v) is 3.05. The van der Waals surface area contributed by atoms with Crippen LogP contribution in [0, 0.1) is 0 Å². The number of carbonyl (C=O) groups is 2. The van der Waals surface area contributed by atoms with Crippen LogP contribution in [0.1, 0.15) is 40.9 Å². The molecule has 1 aromatic heterocycles. The summed E-state index contributed by atoms with van der Waals surface area (Å²) in [4.78, 5) is 26.2.